The van der Waals surface area contributed by atoms with Crippen LogP contribution in [0.2, 0.25) is 0 Å². The molecule has 18 heavy (non-hydrogen) atoms. The van der Waals surface area contributed by atoms with Crippen LogP contribution in [0.25, 0.3) is 0 Å². The summed E-state index contributed by atoms with van der Waals surface area (Å²) in [6.45, 7) is 3.88. The fourth-order valence-electron chi connectivity index (χ4n) is 1.40. The van der Waals surface area contributed by atoms with Crippen molar-refractivity contribution < 1.29 is 9.59 Å². The van der Waals surface area contributed by atoms with Crippen molar-refractivity contribution in [2.75, 3.05) is 0 Å². The third kappa shape index (κ3) is 6.68. The summed E-state index contributed by atoms with van der Waals surface area (Å²) < 4.78 is 0. The minimum absolute atomic E-state index is 0.349. The second kappa shape index (κ2) is 9.22. The smallest absolute Gasteiger partial charge is 0.248 e. The molecule has 0 heterocycles. The molecule has 0 aromatic rings. The lowest BCUT2D eigenvalue weighted by Crippen LogP contribution is -2.21. The van der Waals surface area contributed by atoms with Gasteiger partial charge in [0.05, 0.1) is 5.92 Å². The maximum absolute atomic E-state index is 11.2. The van der Waals surface area contributed by atoms with Crippen LogP contribution in [0.3, 0.4) is 0 Å². The first kappa shape index (κ1) is 16.2. The SMILES string of the molecule is C/C=C/C=C(/C=C/C(CCCC)C(N)=O)C(N)=O. The van der Waals surface area contributed by atoms with E-state index in [1.165, 1.54) is 0 Å². The van der Waals surface area contributed by atoms with Gasteiger partial charge in [-0.1, -0.05) is 44.1 Å². The molecule has 0 spiro atoms. The summed E-state index contributed by atoms with van der Waals surface area (Å²) in [5, 5.41) is 0. The van der Waals surface area contributed by atoms with E-state index in [-0.39, 0.29) is 11.8 Å². The van der Waals surface area contributed by atoms with Crippen LogP contribution in [0.1, 0.15) is 33.1 Å². The third-order valence-corrected chi connectivity index (χ3v) is 2.49. The number of primary amides is 2. The van der Waals surface area contributed by atoms with Crippen molar-refractivity contribution in [1.82, 2.24) is 0 Å². The number of amides is 2. The maximum atomic E-state index is 11.2. The van der Waals surface area contributed by atoms with E-state index < -0.39 is 5.91 Å². The van der Waals surface area contributed by atoms with E-state index in [1.54, 1.807) is 30.4 Å². The Morgan fingerprint density at radius 1 is 1.28 bits per heavy atom. The van der Waals surface area contributed by atoms with E-state index in [1.807, 2.05) is 13.8 Å². The molecule has 0 radical (unpaired) electrons. The molecule has 100 valence electrons. The minimum Gasteiger partial charge on any atom is -0.369 e. The number of nitrogens with two attached hydrogens (primary N) is 2. The highest BCUT2D eigenvalue weighted by atomic mass is 16.1. The van der Waals surface area contributed by atoms with E-state index >= 15 is 0 Å². The molecule has 4 nitrogen and oxygen atoms in total. The molecule has 4 N–H and O–H groups in total. The summed E-state index contributed by atoms with van der Waals surface area (Å²) in [5.74, 6) is -1.25. The van der Waals surface area contributed by atoms with Crippen LogP contribution >= 0.6 is 0 Å². The van der Waals surface area contributed by atoms with Gasteiger partial charge in [0.1, 0.15) is 0 Å². The Labute approximate surface area is 108 Å². The molecular weight excluding hydrogens is 228 g/mol. The largest absolute Gasteiger partial charge is 0.369 e. The molecule has 0 saturated heterocycles. The Hall–Kier alpha value is -1.84. The van der Waals surface area contributed by atoms with Gasteiger partial charge in [-0.05, 0) is 19.4 Å². The molecule has 0 aromatic heterocycles. The number of carbonyl (C=O) groups is 2. The average Bonchev–Trinajstić information content (AvgIpc) is 2.31. The second-order valence-corrected chi connectivity index (χ2v) is 4.02. The molecule has 0 aliphatic rings. The van der Waals surface area contributed by atoms with Gasteiger partial charge in [-0.2, -0.15) is 0 Å². The van der Waals surface area contributed by atoms with Crippen LogP contribution in [-0.2, 0) is 9.59 Å². The number of carbonyl (C=O) groups excluding carboxylic acids is 2. The van der Waals surface area contributed by atoms with Gasteiger partial charge < -0.3 is 11.5 Å². The summed E-state index contributed by atoms with van der Waals surface area (Å²) >= 11 is 0. The zero-order valence-corrected chi connectivity index (χ0v) is 11.1. The zero-order valence-electron chi connectivity index (χ0n) is 11.1. The topological polar surface area (TPSA) is 86.2 Å². The number of rotatable bonds is 8. The minimum atomic E-state index is -0.525. The lowest BCUT2D eigenvalue weighted by molar-refractivity contribution is -0.120. The maximum Gasteiger partial charge on any atom is 0.248 e. The molecule has 2 amide bonds. The molecule has 1 unspecified atom stereocenters. The van der Waals surface area contributed by atoms with Crippen molar-refractivity contribution in [3.8, 4) is 0 Å². The van der Waals surface area contributed by atoms with Crippen LogP contribution in [0, 0.1) is 5.92 Å². The first-order valence-corrected chi connectivity index (χ1v) is 6.13. The zero-order chi connectivity index (χ0) is 14.0. The van der Waals surface area contributed by atoms with E-state index in [0.717, 1.165) is 12.8 Å². The van der Waals surface area contributed by atoms with E-state index in [0.29, 0.717) is 12.0 Å². The Kier molecular flexibility index (Phi) is 8.27. The van der Waals surface area contributed by atoms with Crippen molar-refractivity contribution in [2.45, 2.75) is 33.1 Å². The molecule has 1 atom stereocenters. The number of hydrogen-bond acceptors (Lipinski definition) is 2. The van der Waals surface area contributed by atoms with Crippen molar-refractivity contribution in [1.29, 1.82) is 0 Å². The Balaban J connectivity index is 4.81. The van der Waals surface area contributed by atoms with E-state index in [9.17, 15) is 9.59 Å². The predicted octanol–water partition coefficient (Wildman–Crippen LogP) is 1.82. The van der Waals surface area contributed by atoms with Gasteiger partial charge >= 0.3 is 0 Å². The Morgan fingerprint density at radius 3 is 2.39 bits per heavy atom. The van der Waals surface area contributed by atoms with Crippen molar-refractivity contribution in [3.05, 3.63) is 36.0 Å². The van der Waals surface area contributed by atoms with E-state index in [4.69, 9.17) is 11.5 Å². The standard InChI is InChI=1S/C14H22N2O2/c1-3-5-7-11(13(15)17)9-10-12(14(16)18)8-6-4-2/h3,5,7,9-10,12H,4,6,8H2,1-2H3,(H2,15,17)(H2,16,18)/b5-3+,10-9+,11-7-. The molecule has 0 fully saturated rings. The van der Waals surface area contributed by atoms with Gasteiger partial charge in [0.2, 0.25) is 11.8 Å². The van der Waals surface area contributed by atoms with Crippen molar-refractivity contribution >= 4 is 11.8 Å². The molecule has 0 rings (SSSR count). The highest BCUT2D eigenvalue weighted by Gasteiger charge is 2.11. The van der Waals surface area contributed by atoms with Gasteiger partial charge in [0.15, 0.2) is 0 Å². The molecule has 4 heteroatoms. The lowest BCUT2D eigenvalue weighted by Gasteiger charge is -2.07. The van der Waals surface area contributed by atoms with Gasteiger partial charge in [0.25, 0.3) is 0 Å². The molecular formula is C14H22N2O2. The summed E-state index contributed by atoms with van der Waals surface area (Å²) in [6, 6.07) is 0. The third-order valence-electron chi connectivity index (χ3n) is 2.49. The highest BCUT2D eigenvalue weighted by molar-refractivity contribution is 5.95. The fraction of sp³-hybridized carbons (Fsp3) is 0.429. The van der Waals surface area contributed by atoms with Crippen molar-refractivity contribution in [2.24, 2.45) is 17.4 Å². The van der Waals surface area contributed by atoms with Gasteiger partial charge in [0, 0.05) is 5.57 Å². The van der Waals surface area contributed by atoms with Crippen LogP contribution in [-0.4, -0.2) is 11.8 Å². The molecule has 0 aliphatic heterocycles. The van der Waals surface area contributed by atoms with Crippen LogP contribution < -0.4 is 11.5 Å². The highest BCUT2D eigenvalue weighted by Crippen LogP contribution is 2.11. The van der Waals surface area contributed by atoms with Crippen LogP contribution in [0.5, 0.6) is 0 Å². The van der Waals surface area contributed by atoms with Crippen LogP contribution in [0.4, 0.5) is 0 Å². The summed E-state index contributed by atoms with van der Waals surface area (Å²) in [7, 11) is 0. The molecule has 0 aliphatic carbocycles. The molecule has 0 bridgehead atoms. The molecule has 0 aromatic carbocycles. The average molecular weight is 250 g/mol. The van der Waals surface area contributed by atoms with E-state index in [2.05, 4.69) is 0 Å². The summed E-state index contributed by atoms with van der Waals surface area (Å²) in [5.41, 5.74) is 10.9. The normalized spacial score (nSPS) is 14.2. The Morgan fingerprint density at radius 2 is 1.94 bits per heavy atom. The van der Waals surface area contributed by atoms with Crippen LogP contribution in [0.15, 0.2) is 36.0 Å². The predicted molar refractivity (Wildman–Crippen MR) is 73.4 cm³/mol. The lowest BCUT2D eigenvalue weighted by atomic mass is 10.00. The summed E-state index contributed by atoms with van der Waals surface area (Å²) in [6.07, 6.45) is 10.9. The monoisotopic (exact) mass is 250 g/mol. The number of unbranched alkanes of at least 4 members (excludes halogenated alkanes) is 1. The Bertz CT molecular complexity index is 368. The molecule has 0 saturated carbocycles. The fourth-order valence-corrected chi connectivity index (χ4v) is 1.40. The van der Waals surface area contributed by atoms with Crippen molar-refractivity contribution in [3.63, 3.8) is 0 Å². The van der Waals surface area contributed by atoms with Gasteiger partial charge in [-0.3, -0.25) is 9.59 Å². The van der Waals surface area contributed by atoms with Gasteiger partial charge in [-0.25, -0.2) is 0 Å². The number of hydrogen-bond donors (Lipinski definition) is 2. The quantitative estimate of drug-likeness (QED) is 0.508. The first-order chi connectivity index (χ1) is 8.52. The first-order valence-electron chi connectivity index (χ1n) is 6.13. The second-order valence-electron chi connectivity index (χ2n) is 4.02. The number of allylic oxidation sites excluding steroid dienone is 3. The van der Waals surface area contributed by atoms with Gasteiger partial charge in [-0.15, -0.1) is 0 Å². The summed E-state index contributed by atoms with van der Waals surface area (Å²) in [4.78, 5) is 22.4.